The molecule has 4 aromatic carbocycles. The van der Waals surface area contributed by atoms with Crippen molar-refractivity contribution in [3.05, 3.63) is 119 Å². The number of carbonyl (C=O) groups is 3. The maximum atomic E-state index is 14.0. The molecule has 238 valence electrons. The molecule has 13 heteroatoms. The van der Waals surface area contributed by atoms with E-state index >= 15 is 0 Å². The van der Waals surface area contributed by atoms with Crippen LogP contribution in [0.3, 0.4) is 0 Å². The van der Waals surface area contributed by atoms with Gasteiger partial charge in [-0.05, 0) is 55.5 Å². The third-order valence-corrected chi connectivity index (χ3v) is 7.53. The summed E-state index contributed by atoms with van der Waals surface area (Å²) in [5, 5.41) is 6.30. The van der Waals surface area contributed by atoms with Crippen molar-refractivity contribution in [3.8, 4) is 11.5 Å². The molecule has 0 saturated heterocycles. The zero-order valence-corrected chi connectivity index (χ0v) is 25.4. The lowest BCUT2D eigenvalue weighted by molar-refractivity contribution is -0.115. The van der Waals surface area contributed by atoms with Crippen LogP contribution in [0.25, 0.3) is 6.08 Å². The third kappa shape index (κ3) is 8.04. The minimum Gasteiger partial charge on any atom is -0.493 e. The van der Waals surface area contributed by atoms with Crippen molar-refractivity contribution in [2.45, 2.75) is 17.1 Å². The van der Waals surface area contributed by atoms with Crippen LogP contribution < -0.4 is 25.4 Å². The van der Waals surface area contributed by atoms with E-state index in [2.05, 4.69) is 10.6 Å². The van der Waals surface area contributed by atoms with Gasteiger partial charge in [-0.25, -0.2) is 17.6 Å². The fourth-order valence-corrected chi connectivity index (χ4v) is 4.97. The van der Waals surface area contributed by atoms with Crippen molar-refractivity contribution < 1.29 is 41.4 Å². The Labute approximate surface area is 265 Å². The number of para-hydroxylation sites is 1. The van der Waals surface area contributed by atoms with Crippen LogP contribution in [0.2, 0.25) is 0 Å². The zero-order chi connectivity index (χ0) is 33.4. The Morgan fingerprint density at radius 2 is 1.46 bits per heavy atom. The second kappa shape index (κ2) is 15.1. The number of benzene rings is 4. The number of amides is 3. The molecule has 0 spiro atoms. The van der Waals surface area contributed by atoms with Crippen LogP contribution in [-0.4, -0.2) is 37.2 Å². The molecule has 8 nitrogen and oxygen atoms in total. The number of rotatable bonds is 11. The Bertz CT molecular complexity index is 1760. The van der Waals surface area contributed by atoms with Crippen LogP contribution in [0.5, 0.6) is 11.5 Å². The number of carbonyl (C=O) groups excluding carboxylic acids is 3. The highest BCUT2D eigenvalue weighted by Crippen LogP contribution is 2.32. The molecule has 0 aliphatic rings. The monoisotopic (exact) mass is 653 g/mol. The first-order valence-electron chi connectivity index (χ1n) is 13.5. The Morgan fingerprint density at radius 3 is 2.07 bits per heavy atom. The first-order valence-corrected chi connectivity index (χ1v) is 14.4. The van der Waals surface area contributed by atoms with Gasteiger partial charge in [-0.2, -0.15) is 0 Å². The van der Waals surface area contributed by atoms with Gasteiger partial charge in [0.2, 0.25) is 5.91 Å². The van der Waals surface area contributed by atoms with Gasteiger partial charge in [0.15, 0.2) is 34.8 Å². The van der Waals surface area contributed by atoms with Crippen LogP contribution in [0.4, 0.5) is 28.9 Å². The highest BCUT2D eigenvalue weighted by atomic mass is 32.2. The molecule has 3 amide bonds. The Hall–Kier alpha value is -5.30. The number of ether oxygens (including phenoxy) is 2. The van der Waals surface area contributed by atoms with Crippen LogP contribution in [0.1, 0.15) is 22.8 Å². The van der Waals surface area contributed by atoms with Gasteiger partial charge in [0.25, 0.3) is 11.8 Å². The summed E-state index contributed by atoms with van der Waals surface area (Å²) < 4.78 is 65.8. The van der Waals surface area contributed by atoms with E-state index in [-0.39, 0.29) is 11.8 Å². The fraction of sp³-hybridized carbons (Fsp3) is 0.121. The molecule has 3 N–H and O–H groups in total. The quantitative estimate of drug-likeness (QED) is 0.0713. The summed E-state index contributed by atoms with van der Waals surface area (Å²) in [6.07, 6.45) is 1.44. The molecule has 46 heavy (non-hydrogen) atoms. The highest BCUT2D eigenvalue weighted by molar-refractivity contribution is 8.00. The minimum atomic E-state index is -1.72. The van der Waals surface area contributed by atoms with Crippen LogP contribution in [0, 0.1) is 23.3 Å². The predicted molar refractivity (Wildman–Crippen MR) is 167 cm³/mol. The fourth-order valence-electron chi connectivity index (χ4n) is 4.10. The van der Waals surface area contributed by atoms with Gasteiger partial charge in [-0.15, -0.1) is 11.8 Å². The predicted octanol–water partition coefficient (Wildman–Crippen LogP) is 6.79. The van der Waals surface area contributed by atoms with Gasteiger partial charge < -0.3 is 25.4 Å². The Morgan fingerprint density at radius 1 is 0.804 bits per heavy atom. The summed E-state index contributed by atoms with van der Waals surface area (Å²) in [5.74, 6) is -8.05. The van der Waals surface area contributed by atoms with Crippen molar-refractivity contribution in [2.24, 2.45) is 0 Å². The maximum absolute atomic E-state index is 14.0. The maximum Gasteiger partial charge on any atom is 0.272 e. The standard InChI is InChI=1S/C33H27F4N3O5S/c1-18(31(41)40-29-27(36)23(34)17-24(35)28(29)37)46-22-14-12-21(13-15-22)38-33(43)25(39-32(42)19-8-5-4-6-9-19)16-20-10-7-11-26(44-2)30(20)45-3/h4-18H,1-3H3,(H,38,43)(H,39,42)(H,40,41)/b25-16-. The van der Waals surface area contributed by atoms with Gasteiger partial charge in [-0.1, -0.05) is 30.3 Å². The molecule has 1 atom stereocenters. The van der Waals surface area contributed by atoms with Crippen molar-refractivity contribution in [1.82, 2.24) is 5.32 Å². The molecular formula is C33H27F4N3O5S. The molecule has 0 aliphatic carbocycles. The van der Waals surface area contributed by atoms with Crippen molar-refractivity contribution in [3.63, 3.8) is 0 Å². The molecule has 4 rings (SSSR count). The van der Waals surface area contributed by atoms with Gasteiger partial charge in [0.1, 0.15) is 11.4 Å². The number of hydrogen-bond donors (Lipinski definition) is 3. The summed E-state index contributed by atoms with van der Waals surface area (Å²) in [6, 6.07) is 19.6. The Kier molecular flexibility index (Phi) is 11.0. The summed E-state index contributed by atoms with van der Waals surface area (Å²) in [4.78, 5) is 39.5. The van der Waals surface area contributed by atoms with Gasteiger partial charge in [-0.3, -0.25) is 14.4 Å². The minimum absolute atomic E-state index is 0.0461. The van der Waals surface area contributed by atoms with Crippen LogP contribution >= 0.6 is 11.8 Å². The average Bonchev–Trinajstić information content (AvgIpc) is 3.06. The van der Waals surface area contributed by atoms with E-state index in [1.54, 1.807) is 60.7 Å². The van der Waals surface area contributed by atoms with E-state index in [0.29, 0.717) is 33.2 Å². The number of methoxy groups -OCH3 is 2. The van der Waals surface area contributed by atoms with E-state index in [0.717, 1.165) is 11.8 Å². The van der Waals surface area contributed by atoms with Gasteiger partial charge in [0.05, 0.1) is 19.5 Å². The molecule has 4 aromatic rings. The molecule has 1 unspecified atom stereocenters. The SMILES string of the molecule is COc1cccc(/C=C(\NC(=O)c2ccccc2)C(=O)Nc2ccc(SC(C)C(=O)Nc3c(F)c(F)cc(F)c3F)cc2)c1OC. The lowest BCUT2D eigenvalue weighted by atomic mass is 10.1. The number of hydrogen-bond acceptors (Lipinski definition) is 6. The third-order valence-electron chi connectivity index (χ3n) is 6.42. The molecule has 0 saturated carbocycles. The van der Waals surface area contributed by atoms with Crippen LogP contribution in [-0.2, 0) is 9.59 Å². The van der Waals surface area contributed by atoms with Crippen molar-refractivity contribution >= 4 is 46.9 Å². The zero-order valence-electron chi connectivity index (χ0n) is 24.6. The van der Waals surface area contributed by atoms with Crippen LogP contribution in [0.15, 0.2) is 89.5 Å². The molecule has 0 fully saturated rings. The average molecular weight is 654 g/mol. The van der Waals surface area contributed by atoms with E-state index in [1.807, 2.05) is 5.32 Å². The lowest BCUT2D eigenvalue weighted by Gasteiger charge is -2.15. The smallest absolute Gasteiger partial charge is 0.272 e. The molecule has 0 aliphatic heterocycles. The number of thioether (sulfide) groups is 1. The Balaban J connectivity index is 1.50. The first-order chi connectivity index (χ1) is 22.0. The summed E-state index contributed by atoms with van der Waals surface area (Å²) in [6.45, 7) is 1.43. The van der Waals surface area contributed by atoms with Gasteiger partial charge in [0, 0.05) is 27.8 Å². The number of anilines is 2. The summed E-state index contributed by atoms with van der Waals surface area (Å²) in [7, 11) is 2.91. The van der Waals surface area contributed by atoms with Gasteiger partial charge >= 0.3 is 0 Å². The molecular weight excluding hydrogens is 626 g/mol. The number of halogens is 4. The number of nitrogens with one attached hydrogen (secondary N) is 3. The molecule has 0 bridgehead atoms. The molecule has 0 aromatic heterocycles. The topological polar surface area (TPSA) is 106 Å². The largest absolute Gasteiger partial charge is 0.493 e. The highest BCUT2D eigenvalue weighted by Gasteiger charge is 2.24. The van der Waals surface area contributed by atoms with Crippen molar-refractivity contribution in [2.75, 3.05) is 24.9 Å². The lowest BCUT2D eigenvalue weighted by Crippen LogP contribution is -2.30. The van der Waals surface area contributed by atoms with E-state index in [1.165, 1.54) is 39.4 Å². The normalized spacial score (nSPS) is 11.8. The van der Waals surface area contributed by atoms with E-state index in [4.69, 9.17) is 9.47 Å². The summed E-state index contributed by atoms with van der Waals surface area (Å²) >= 11 is 0.989. The first kappa shape index (κ1) is 33.6. The summed E-state index contributed by atoms with van der Waals surface area (Å²) in [5.41, 5.74) is -0.199. The second-order valence-electron chi connectivity index (χ2n) is 9.53. The second-order valence-corrected chi connectivity index (χ2v) is 10.9. The van der Waals surface area contributed by atoms with E-state index in [9.17, 15) is 31.9 Å². The van der Waals surface area contributed by atoms with E-state index < -0.39 is 51.9 Å². The molecule has 0 radical (unpaired) electrons. The molecule has 0 heterocycles. The van der Waals surface area contributed by atoms with Crippen molar-refractivity contribution in [1.29, 1.82) is 0 Å².